The number of amides is 1. The molecule has 1 aromatic carbocycles. The van der Waals surface area contributed by atoms with Crippen LogP contribution in [0.3, 0.4) is 0 Å². The molecule has 0 saturated carbocycles. The number of nitro benzene ring substituents is 1. The molecule has 7 nitrogen and oxygen atoms in total. The van der Waals surface area contributed by atoms with Gasteiger partial charge in [-0.1, -0.05) is 12.1 Å². The summed E-state index contributed by atoms with van der Waals surface area (Å²) in [5, 5.41) is 21.3. The molecule has 24 heavy (non-hydrogen) atoms. The Kier molecular flexibility index (Phi) is 5.11. The summed E-state index contributed by atoms with van der Waals surface area (Å²) in [4.78, 5) is 26.5. The van der Waals surface area contributed by atoms with E-state index in [1.54, 1.807) is 12.1 Å². The number of hydrogen-bond donors (Lipinski definition) is 1. The number of carbonyl (C=O) groups excluding carboxylic acids is 1. The van der Waals surface area contributed by atoms with Crippen molar-refractivity contribution in [2.45, 2.75) is 37.8 Å². The van der Waals surface area contributed by atoms with E-state index in [0.717, 1.165) is 38.9 Å². The van der Waals surface area contributed by atoms with Crippen molar-refractivity contribution < 1.29 is 14.8 Å². The third-order valence-electron chi connectivity index (χ3n) is 4.93. The number of β-amino-alcohol motifs (C(OH)–C–C–N with tert-alkyl or cyclic N) is 1. The van der Waals surface area contributed by atoms with Gasteiger partial charge in [0, 0.05) is 44.2 Å². The fourth-order valence-electron chi connectivity index (χ4n) is 3.70. The van der Waals surface area contributed by atoms with Crippen LogP contribution in [-0.2, 0) is 4.79 Å². The van der Waals surface area contributed by atoms with Crippen molar-refractivity contribution in [1.82, 2.24) is 9.80 Å². The molecule has 130 valence electrons. The fraction of sp³-hybridized carbons (Fsp3) is 0.588. The van der Waals surface area contributed by atoms with Crippen molar-refractivity contribution in [2.75, 3.05) is 26.2 Å². The van der Waals surface area contributed by atoms with Gasteiger partial charge in [0.05, 0.1) is 11.0 Å². The molecule has 7 heteroatoms. The van der Waals surface area contributed by atoms with E-state index in [0.29, 0.717) is 18.5 Å². The summed E-state index contributed by atoms with van der Waals surface area (Å²) in [6.07, 6.45) is 2.82. The van der Waals surface area contributed by atoms with E-state index in [1.807, 2.05) is 4.90 Å². The number of hydrogen-bond acceptors (Lipinski definition) is 5. The lowest BCUT2D eigenvalue weighted by Gasteiger charge is -2.38. The van der Waals surface area contributed by atoms with Gasteiger partial charge in [-0.2, -0.15) is 0 Å². The molecule has 2 atom stereocenters. The lowest BCUT2D eigenvalue weighted by atomic mass is 10.0. The van der Waals surface area contributed by atoms with Crippen molar-refractivity contribution in [3.8, 4) is 0 Å². The Morgan fingerprint density at radius 1 is 1.33 bits per heavy atom. The van der Waals surface area contributed by atoms with Crippen molar-refractivity contribution >= 4 is 11.6 Å². The largest absolute Gasteiger partial charge is 0.387 e. The lowest BCUT2D eigenvalue weighted by Crippen LogP contribution is -2.49. The summed E-state index contributed by atoms with van der Waals surface area (Å²) in [7, 11) is 0. The zero-order valence-corrected chi connectivity index (χ0v) is 13.6. The van der Waals surface area contributed by atoms with Gasteiger partial charge in [0.1, 0.15) is 0 Å². The van der Waals surface area contributed by atoms with Crippen molar-refractivity contribution in [3.05, 3.63) is 39.9 Å². The van der Waals surface area contributed by atoms with Crippen molar-refractivity contribution in [2.24, 2.45) is 0 Å². The molecule has 0 aliphatic carbocycles. The molecule has 0 aromatic heterocycles. The summed E-state index contributed by atoms with van der Waals surface area (Å²) in [6, 6.07) is 6.38. The molecule has 2 unspecified atom stereocenters. The number of non-ortho nitro benzene ring substituents is 1. The van der Waals surface area contributed by atoms with Crippen LogP contribution in [0.4, 0.5) is 5.69 Å². The standard InChI is InChI=1S/C17H23N3O4/c21-16(13-4-1-5-14(10-13)20(23)24)12-18-8-2-6-15(11-18)19-9-3-7-17(19)22/h1,4-5,10,15-16,21H,2-3,6-9,11-12H2. The van der Waals surface area contributed by atoms with Gasteiger partial charge in [-0.3, -0.25) is 19.8 Å². The van der Waals surface area contributed by atoms with Gasteiger partial charge in [-0.15, -0.1) is 0 Å². The maximum atomic E-state index is 11.9. The number of benzene rings is 1. The van der Waals surface area contributed by atoms with Gasteiger partial charge in [-0.25, -0.2) is 0 Å². The Labute approximate surface area is 141 Å². The maximum Gasteiger partial charge on any atom is 0.269 e. The highest BCUT2D eigenvalue weighted by molar-refractivity contribution is 5.78. The van der Waals surface area contributed by atoms with Crippen LogP contribution in [0.1, 0.15) is 37.4 Å². The highest BCUT2D eigenvalue weighted by Crippen LogP contribution is 2.24. The Bertz CT molecular complexity index is 622. The van der Waals surface area contributed by atoms with E-state index in [1.165, 1.54) is 12.1 Å². The number of carbonyl (C=O) groups is 1. The SMILES string of the molecule is O=C1CCCN1C1CCCN(CC(O)c2cccc([N+](=O)[O-])c2)C1. The summed E-state index contributed by atoms with van der Waals surface area (Å²) < 4.78 is 0. The monoisotopic (exact) mass is 333 g/mol. The Hall–Kier alpha value is -1.99. The number of aliphatic hydroxyl groups excluding tert-OH is 1. The summed E-state index contributed by atoms with van der Waals surface area (Å²) in [5.74, 6) is 0.237. The molecule has 3 rings (SSSR count). The molecule has 1 amide bonds. The Morgan fingerprint density at radius 2 is 2.17 bits per heavy atom. The summed E-state index contributed by atoms with van der Waals surface area (Å²) >= 11 is 0. The molecule has 2 fully saturated rings. The van der Waals surface area contributed by atoms with E-state index in [4.69, 9.17) is 0 Å². The van der Waals surface area contributed by atoms with Crippen LogP contribution in [0.15, 0.2) is 24.3 Å². The van der Waals surface area contributed by atoms with E-state index < -0.39 is 11.0 Å². The lowest BCUT2D eigenvalue weighted by molar-refractivity contribution is -0.385. The zero-order chi connectivity index (χ0) is 17.1. The quantitative estimate of drug-likeness (QED) is 0.655. The minimum absolute atomic E-state index is 0.00858. The second-order valence-electron chi connectivity index (χ2n) is 6.61. The van der Waals surface area contributed by atoms with Gasteiger partial charge in [0.15, 0.2) is 0 Å². The van der Waals surface area contributed by atoms with Crippen LogP contribution in [0, 0.1) is 10.1 Å². The molecule has 0 spiro atoms. The van der Waals surface area contributed by atoms with E-state index in [-0.39, 0.29) is 17.6 Å². The fourth-order valence-corrected chi connectivity index (χ4v) is 3.70. The smallest absolute Gasteiger partial charge is 0.269 e. The van der Waals surface area contributed by atoms with E-state index >= 15 is 0 Å². The second kappa shape index (κ2) is 7.27. The van der Waals surface area contributed by atoms with Crippen LogP contribution in [0.5, 0.6) is 0 Å². The van der Waals surface area contributed by atoms with Crippen LogP contribution in [0.25, 0.3) is 0 Å². The van der Waals surface area contributed by atoms with Gasteiger partial charge in [0.25, 0.3) is 5.69 Å². The first kappa shape index (κ1) is 16.9. The molecule has 0 radical (unpaired) electrons. The van der Waals surface area contributed by atoms with Crippen LogP contribution in [-0.4, -0.2) is 58.0 Å². The van der Waals surface area contributed by atoms with Gasteiger partial charge in [-0.05, 0) is 31.4 Å². The molecule has 2 aliphatic heterocycles. The first-order valence-corrected chi connectivity index (χ1v) is 8.49. The number of piperidine rings is 1. The van der Waals surface area contributed by atoms with Crippen LogP contribution >= 0.6 is 0 Å². The number of nitrogens with zero attached hydrogens (tertiary/aromatic N) is 3. The Balaban J connectivity index is 1.61. The molecular formula is C17H23N3O4. The minimum atomic E-state index is -0.766. The Morgan fingerprint density at radius 3 is 2.88 bits per heavy atom. The molecule has 1 aromatic rings. The minimum Gasteiger partial charge on any atom is -0.387 e. The first-order chi connectivity index (χ1) is 11.5. The van der Waals surface area contributed by atoms with Crippen LogP contribution < -0.4 is 0 Å². The molecule has 0 bridgehead atoms. The molecule has 1 N–H and O–H groups in total. The predicted octanol–water partition coefficient (Wildman–Crippen LogP) is 1.71. The van der Waals surface area contributed by atoms with E-state index in [2.05, 4.69) is 4.90 Å². The normalized spacial score (nSPS) is 23.5. The first-order valence-electron chi connectivity index (χ1n) is 8.49. The number of aliphatic hydroxyl groups is 1. The van der Waals surface area contributed by atoms with Gasteiger partial charge >= 0.3 is 0 Å². The maximum absolute atomic E-state index is 11.9. The average molecular weight is 333 g/mol. The number of nitro groups is 1. The summed E-state index contributed by atoms with van der Waals surface area (Å²) in [5.41, 5.74) is 0.550. The highest BCUT2D eigenvalue weighted by atomic mass is 16.6. The number of rotatable bonds is 5. The van der Waals surface area contributed by atoms with Crippen LogP contribution in [0.2, 0.25) is 0 Å². The molecule has 2 heterocycles. The molecule has 2 aliphatic rings. The van der Waals surface area contributed by atoms with Gasteiger partial charge in [0.2, 0.25) is 5.91 Å². The highest BCUT2D eigenvalue weighted by Gasteiger charge is 2.31. The third kappa shape index (κ3) is 3.73. The predicted molar refractivity (Wildman–Crippen MR) is 88.5 cm³/mol. The summed E-state index contributed by atoms with van der Waals surface area (Å²) in [6.45, 7) is 2.91. The van der Waals surface area contributed by atoms with Crippen molar-refractivity contribution in [3.63, 3.8) is 0 Å². The van der Waals surface area contributed by atoms with Gasteiger partial charge < -0.3 is 10.0 Å². The molecule has 2 saturated heterocycles. The average Bonchev–Trinajstić information content (AvgIpc) is 3.01. The topological polar surface area (TPSA) is 86.9 Å². The third-order valence-corrected chi connectivity index (χ3v) is 4.93. The molecular weight excluding hydrogens is 310 g/mol. The zero-order valence-electron chi connectivity index (χ0n) is 13.6. The van der Waals surface area contributed by atoms with E-state index in [9.17, 15) is 20.0 Å². The second-order valence-corrected chi connectivity index (χ2v) is 6.61. The van der Waals surface area contributed by atoms with Crippen molar-refractivity contribution in [1.29, 1.82) is 0 Å². The number of likely N-dealkylation sites (tertiary alicyclic amines) is 2.